The number of anilines is 1. The van der Waals surface area contributed by atoms with Crippen LogP contribution in [0.5, 0.6) is 5.75 Å². The lowest BCUT2D eigenvalue weighted by Gasteiger charge is -2.12. The lowest BCUT2D eigenvalue weighted by molar-refractivity contribution is -0.118. The number of benzene rings is 1. The molecule has 1 heterocycles. The van der Waals surface area contributed by atoms with E-state index in [1.54, 1.807) is 12.1 Å². The molecule has 1 aliphatic heterocycles. The number of rotatable bonds is 3. The van der Waals surface area contributed by atoms with Gasteiger partial charge in [0.05, 0.1) is 24.7 Å². The molecule has 1 aliphatic rings. The molecule has 0 spiro atoms. The van der Waals surface area contributed by atoms with Crippen LogP contribution in [-0.4, -0.2) is 31.5 Å². The van der Waals surface area contributed by atoms with Gasteiger partial charge in [0.15, 0.2) is 0 Å². The Morgan fingerprint density at radius 2 is 2.25 bits per heavy atom. The second kappa shape index (κ2) is 6.56. The molecule has 1 aromatic carbocycles. The third-order valence-electron chi connectivity index (χ3n) is 2.85. The Morgan fingerprint density at radius 1 is 1.55 bits per heavy atom. The minimum absolute atomic E-state index is 0. The third kappa shape index (κ3) is 3.94. The summed E-state index contributed by atoms with van der Waals surface area (Å²) in [5.41, 5.74) is 0.438. The number of nitrogens with one attached hydrogen (secondary N) is 2. The number of hydrogen-bond donors (Lipinski definition) is 2. The van der Waals surface area contributed by atoms with E-state index < -0.39 is 30.8 Å². The number of hydrogen-bond acceptors (Lipinski definition) is 3. The molecule has 4 nitrogen and oxygen atoms in total. The van der Waals surface area contributed by atoms with Crippen molar-refractivity contribution >= 4 is 35.6 Å². The summed E-state index contributed by atoms with van der Waals surface area (Å²) in [7, 11) is 1.48. The molecule has 0 saturated carbocycles. The maximum absolute atomic E-state index is 13.0. The van der Waals surface area contributed by atoms with Crippen molar-refractivity contribution in [1.29, 1.82) is 0 Å². The van der Waals surface area contributed by atoms with E-state index in [1.165, 1.54) is 13.2 Å². The van der Waals surface area contributed by atoms with Crippen molar-refractivity contribution in [2.45, 2.75) is 18.4 Å². The molecular weight excluding hydrogens is 313 g/mol. The fourth-order valence-electron chi connectivity index (χ4n) is 1.87. The van der Waals surface area contributed by atoms with Crippen molar-refractivity contribution < 1.29 is 18.3 Å². The lowest BCUT2D eigenvalue weighted by atomic mass is 10.2. The lowest BCUT2D eigenvalue weighted by Crippen LogP contribution is -2.35. The normalized spacial score (nSPS) is 20.1. The van der Waals surface area contributed by atoms with E-state index in [0.717, 1.165) is 0 Å². The average Bonchev–Trinajstić information content (AvgIpc) is 2.70. The number of amides is 1. The number of alkyl halides is 2. The standard InChI is InChI=1S/C12H13ClF2N2O2.ClH/c1-19-10-3-2-7(4-8(10)13)17-11(18)9-5-12(14,15)6-16-9;/h2-4,9,16H,5-6H2,1H3,(H,17,18);1H. The van der Waals surface area contributed by atoms with E-state index in [-0.39, 0.29) is 12.4 Å². The highest BCUT2D eigenvalue weighted by molar-refractivity contribution is 6.32. The fourth-order valence-corrected chi connectivity index (χ4v) is 2.13. The molecule has 0 bridgehead atoms. The fraction of sp³-hybridized carbons (Fsp3) is 0.417. The Hall–Kier alpha value is -1.11. The molecule has 2 rings (SSSR count). The number of halogens is 4. The molecular formula is C12H14Cl2F2N2O2. The number of methoxy groups -OCH3 is 1. The van der Waals surface area contributed by atoms with Gasteiger partial charge in [0.2, 0.25) is 5.91 Å². The molecule has 1 unspecified atom stereocenters. The molecule has 1 saturated heterocycles. The maximum Gasteiger partial charge on any atom is 0.262 e. The van der Waals surface area contributed by atoms with Gasteiger partial charge < -0.3 is 10.1 Å². The summed E-state index contributed by atoms with van der Waals surface area (Å²) in [6.45, 7) is -0.478. The monoisotopic (exact) mass is 326 g/mol. The van der Waals surface area contributed by atoms with Gasteiger partial charge in [-0.25, -0.2) is 8.78 Å². The van der Waals surface area contributed by atoms with Gasteiger partial charge in [-0.05, 0) is 18.2 Å². The summed E-state index contributed by atoms with van der Waals surface area (Å²) in [4.78, 5) is 11.8. The Morgan fingerprint density at radius 3 is 2.75 bits per heavy atom. The van der Waals surface area contributed by atoms with Crippen molar-refractivity contribution in [2.75, 3.05) is 19.0 Å². The summed E-state index contributed by atoms with van der Waals surface area (Å²) >= 11 is 5.91. The van der Waals surface area contributed by atoms with Crippen LogP contribution in [-0.2, 0) is 4.79 Å². The predicted octanol–water partition coefficient (Wildman–Crippen LogP) is 2.71. The van der Waals surface area contributed by atoms with Gasteiger partial charge >= 0.3 is 0 Å². The zero-order valence-electron chi connectivity index (χ0n) is 10.6. The summed E-state index contributed by atoms with van der Waals surface area (Å²) in [6.07, 6.45) is -0.497. The van der Waals surface area contributed by atoms with Gasteiger partial charge in [-0.3, -0.25) is 10.1 Å². The second-order valence-electron chi connectivity index (χ2n) is 4.33. The number of carbonyl (C=O) groups excluding carboxylic acids is 1. The van der Waals surface area contributed by atoms with E-state index in [0.29, 0.717) is 16.5 Å². The van der Waals surface area contributed by atoms with Crippen molar-refractivity contribution in [3.8, 4) is 5.75 Å². The third-order valence-corrected chi connectivity index (χ3v) is 3.14. The highest BCUT2D eigenvalue weighted by Crippen LogP contribution is 2.28. The SMILES string of the molecule is COc1ccc(NC(=O)C2CC(F)(F)CN2)cc1Cl.Cl. The topological polar surface area (TPSA) is 50.4 Å². The Kier molecular flexibility index (Phi) is 5.56. The van der Waals surface area contributed by atoms with Gasteiger partial charge in [0.25, 0.3) is 5.92 Å². The first kappa shape index (κ1) is 16.9. The largest absolute Gasteiger partial charge is 0.495 e. The highest BCUT2D eigenvalue weighted by atomic mass is 35.5. The molecule has 0 radical (unpaired) electrons. The van der Waals surface area contributed by atoms with Crippen LogP contribution >= 0.6 is 24.0 Å². The first-order valence-electron chi connectivity index (χ1n) is 5.67. The van der Waals surface area contributed by atoms with Crippen LogP contribution < -0.4 is 15.4 Å². The summed E-state index contributed by atoms with van der Waals surface area (Å²) in [5, 5.41) is 5.36. The van der Waals surface area contributed by atoms with Crippen molar-refractivity contribution in [3.05, 3.63) is 23.2 Å². The molecule has 1 amide bonds. The van der Waals surface area contributed by atoms with Crippen molar-refractivity contribution in [1.82, 2.24) is 5.32 Å². The van der Waals surface area contributed by atoms with Crippen LogP contribution in [0.25, 0.3) is 0 Å². The Balaban J connectivity index is 0.00000200. The van der Waals surface area contributed by atoms with Gasteiger partial charge in [0.1, 0.15) is 5.75 Å². The van der Waals surface area contributed by atoms with E-state index in [9.17, 15) is 13.6 Å². The van der Waals surface area contributed by atoms with Crippen LogP contribution in [0.15, 0.2) is 18.2 Å². The molecule has 1 atom stereocenters. The summed E-state index contributed by atoms with van der Waals surface area (Å²) in [6, 6.07) is 3.80. The first-order chi connectivity index (χ1) is 8.91. The number of ether oxygens (including phenoxy) is 1. The van der Waals surface area contributed by atoms with Gasteiger partial charge in [0, 0.05) is 12.1 Å². The van der Waals surface area contributed by atoms with E-state index >= 15 is 0 Å². The molecule has 20 heavy (non-hydrogen) atoms. The molecule has 0 aliphatic carbocycles. The van der Waals surface area contributed by atoms with Crippen LogP contribution in [0.4, 0.5) is 14.5 Å². The minimum Gasteiger partial charge on any atom is -0.495 e. The van der Waals surface area contributed by atoms with Crippen LogP contribution in [0, 0.1) is 0 Å². The van der Waals surface area contributed by atoms with Crippen LogP contribution in [0.2, 0.25) is 5.02 Å². The molecule has 0 aromatic heterocycles. The zero-order chi connectivity index (χ0) is 14.0. The quantitative estimate of drug-likeness (QED) is 0.897. The van der Waals surface area contributed by atoms with E-state index in [1.807, 2.05) is 0 Å². The maximum atomic E-state index is 13.0. The first-order valence-corrected chi connectivity index (χ1v) is 6.05. The minimum atomic E-state index is -2.83. The predicted molar refractivity (Wildman–Crippen MR) is 75.2 cm³/mol. The molecule has 1 fully saturated rings. The van der Waals surface area contributed by atoms with E-state index in [4.69, 9.17) is 16.3 Å². The van der Waals surface area contributed by atoms with Crippen molar-refractivity contribution in [3.63, 3.8) is 0 Å². The van der Waals surface area contributed by atoms with Gasteiger partial charge in [-0.1, -0.05) is 11.6 Å². The molecule has 2 N–H and O–H groups in total. The Labute approximate surface area is 126 Å². The highest BCUT2D eigenvalue weighted by Gasteiger charge is 2.42. The molecule has 8 heteroatoms. The zero-order valence-corrected chi connectivity index (χ0v) is 12.2. The summed E-state index contributed by atoms with van der Waals surface area (Å²) < 4.78 is 30.9. The van der Waals surface area contributed by atoms with Gasteiger partial charge in [-0.15, -0.1) is 12.4 Å². The number of carbonyl (C=O) groups is 1. The van der Waals surface area contributed by atoms with Crippen molar-refractivity contribution in [2.24, 2.45) is 0 Å². The average molecular weight is 327 g/mol. The van der Waals surface area contributed by atoms with Crippen LogP contribution in [0.1, 0.15) is 6.42 Å². The van der Waals surface area contributed by atoms with Crippen LogP contribution in [0.3, 0.4) is 0 Å². The second-order valence-corrected chi connectivity index (χ2v) is 4.74. The molecule has 112 valence electrons. The van der Waals surface area contributed by atoms with E-state index in [2.05, 4.69) is 10.6 Å². The summed E-state index contributed by atoms with van der Waals surface area (Å²) in [5.74, 6) is -2.86. The van der Waals surface area contributed by atoms with Gasteiger partial charge in [-0.2, -0.15) is 0 Å². The Bertz CT molecular complexity index is 500. The molecule has 1 aromatic rings. The smallest absolute Gasteiger partial charge is 0.262 e.